The lowest BCUT2D eigenvalue weighted by Gasteiger charge is -2.16. The molecule has 1 aromatic carbocycles. The quantitative estimate of drug-likeness (QED) is 0.703. The van der Waals surface area contributed by atoms with Crippen LogP contribution in [0.15, 0.2) is 24.3 Å². The highest BCUT2D eigenvalue weighted by atomic mass is 31.2. The van der Waals surface area contributed by atoms with Crippen molar-refractivity contribution < 1.29 is 32.8 Å². The smallest absolute Gasteiger partial charge is 0.445 e. The SMILES string of the molecule is CNC(=O)OCc1ccc(OP(=O)(OC)OCCO)cc1. The molecule has 1 amide bonds. The van der Waals surface area contributed by atoms with E-state index in [1.165, 1.54) is 26.3 Å². The summed E-state index contributed by atoms with van der Waals surface area (Å²) in [5.74, 6) is 0.266. The van der Waals surface area contributed by atoms with Crippen LogP contribution in [0.1, 0.15) is 5.56 Å². The molecule has 0 bridgehead atoms. The third kappa shape index (κ3) is 6.14. The Labute approximate surface area is 122 Å². The molecule has 8 nitrogen and oxygen atoms in total. The number of hydrogen-bond acceptors (Lipinski definition) is 7. The second-order valence-electron chi connectivity index (χ2n) is 3.75. The van der Waals surface area contributed by atoms with Gasteiger partial charge in [0.2, 0.25) is 0 Å². The molecule has 0 saturated heterocycles. The summed E-state index contributed by atoms with van der Waals surface area (Å²) in [6.07, 6.45) is -0.531. The van der Waals surface area contributed by atoms with E-state index in [0.29, 0.717) is 0 Å². The normalized spacial score (nSPS) is 13.3. The minimum Gasteiger partial charge on any atom is -0.445 e. The zero-order valence-electron chi connectivity index (χ0n) is 11.8. The predicted octanol–water partition coefficient (Wildman–Crippen LogP) is 1.68. The van der Waals surface area contributed by atoms with Gasteiger partial charge in [-0.3, -0.25) is 9.05 Å². The lowest BCUT2D eigenvalue weighted by Crippen LogP contribution is -2.18. The molecule has 1 rings (SSSR count). The Morgan fingerprint density at radius 1 is 1.33 bits per heavy atom. The second kappa shape index (κ2) is 8.63. The molecule has 1 atom stereocenters. The number of phosphoric acid groups is 1. The lowest BCUT2D eigenvalue weighted by atomic mass is 10.2. The number of benzene rings is 1. The fraction of sp³-hybridized carbons (Fsp3) is 0.417. The Hall–Kier alpha value is -1.60. The van der Waals surface area contributed by atoms with Gasteiger partial charge in [-0.05, 0) is 17.7 Å². The van der Waals surface area contributed by atoms with Crippen LogP contribution in [0.4, 0.5) is 4.79 Å². The molecule has 21 heavy (non-hydrogen) atoms. The van der Waals surface area contributed by atoms with Crippen molar-refractivity contribution in [2.24, 2.45) is 0 Å². The van der Waals surface area contributed by atoms with Crippen molar-refractivity contribution in [1.82, 2.24) is 5.32 Å². The number of aliphatic hydroxyl groups is 1. The van der Waals surface area contributed by atoms with Gasteiger partial charge >= 0.3 is 13.9 Å². The van der Waals surface area contributed by atoms with Crippen LogP contribution in [-0.4, -0.2) is 38.6 Å². The van der Waals surface area contributed by atoms with Crippen molar-refractivity contribution in [3.8, 4) is 5.75 Å². The van der Waals surface area contributed by atoms with Crippen LogP contribution in [0.5, 0.6) is 5.75 Å². The Morgan fingerprint density at radius 2 is 2.00 bits per heavy atom. The number of hydrogen-bond donors (Lipinski definition) is 2. The zero-order chi connectivity index (χ0) is 15.7. The molecule has 0 aliphatic carbocycles. The maximum atomic E-state index is 12.0. The molecule has 1 unspecified atom stereocenters. The van der Waals surface area contributed by atoms with Crippen LogP contribution in [0.3, 0.4) is 0 Å². The highest BCUT2D eigenvalue weighted by Crippen LogP contribution is 2.48. The topological polar surface area (TPSA) is 103 Å². The van der Waals surface area contributed by atoms with Crippen LogP contribution >= 0.6 is 7.82 Å². The van der Waals surface area contributed by atoms with Crippen molar-refractivity contribution in [3.05, 3.63) is 29.8 Å². The standard InChI is InChI=1S/C12H18NO7P/c1-13-12(15)18-9-10-3-5-11(6-4-10)20-21(16,17-2)19-8-7-14/h3-6,14H,7-9H2,1-2H3,(H,13,15). The predicted molar refractivity (Wildman–Crippen MR) is 74.0 cm³/mol. The molecular formula is C12H18NO7P. The summed E-state index contributed by atoms with van der Waals surface area (Å²) < 4.78 is 31.5. The van der Waals surface area contributed by atoms with Gasteiger partial charge < -0.3 is 19.7 Å². The number of amides is 1. The van der Waals surface area contributed by atoms with Crippen LogP contribution < -0.4 is 9.84 Å². The molecule has 0 saturated carbocycles. The number of alkyl carbamates (subject to hydrolysis) is 1. The first-order valence-electron chi connectivity index (χ1n) is 6.07. The summed E-state index contributed by atoms with van der Waals surface area (Å²) >= 11 is 0. The van der Waals surface area contributed by atoms with Crippen LogP contribution in [0.25, 0.3) is 0 Å². The van der Waals surface area contributed by atoms with E-state index < -0.39 is 13.9 Å². The number of aliphatic hydroxyl groups excluding tert-OH is 1. The van der Waals surface area contributed by atoms with Gasteiger partial charge in [0.05, 0.1) is 13.2 Å². The Morgan fingerprint density at radius 3 is 2.52 bits per heavy atom. The zero-order valence-corrected chi connectivity index (χ0v) is 12.7. The average Bonchev–Trinajstić information content (AvgIpc) is 2.52. The van der Waals surface area contributed by atoms with E-state index in [-0.39, 0.29) is 25.6 Å². The first-order valence-corrected chi connectivity index (χ1v) is 7.53. The van der Waals surface area contributed by atoms with Gasteiger partial charge in [0.15, 0.2) is 0 Å². The van der Waals surface area contributed by atoms with Crippen molar-refractivity contribution in [2.75, 3.05) is 27.4 Å². The number of ether oxygens (including phenoxy) is 1. The summed E-state index contributed by atoms with van der Waals surface area (Å²) in [6.45, 7) is -0.363. The Kier molecular flexibility index (Phi) is 7.18. The fourth-order valence-electron chi connectivity index (χ4n) is 1.27. The van der Waals surface area contributed by atoms with Crippen molar-refractivity contribution in [3.63, 3.8) is 0 Å². The largest absolute Gasteiger partial charge is 0.529 e. The highest BCUT2D eigenvalue weighted by Gasteiger charge is 2.26. The third-order valence-electron chi connectivity index (χ3n) is 2.28. The number of nitrogens with one attached hydrogen (secondary N) is 1. The van der Waals surface area contributed by atoms with E-state index in [4.69, 9.17) is 18.9 Å². The van der Waals surface area contributed by atoms with Crippen molar-refractivity contribution in [2.45, 2.75) is 6.61 Å². The Bertz CT molecular complexity index is 491. The molecule has 0 fully saturated rings. The molecule has 9 heteroatoms. The van der Waals surface area contributed by atoms with Gasteiger partial charge in [-0.2, -0.15) is 0 Å². The van der Waals surface area contributed by atoms with E-state index in [2.05, 4.69) is 9.84 Å². The molecule has 2 N–H and O–H groups in total. The minimum atomic E-state index is -3.75. The molecule has 0 aliphatic rings. The minimum absolute atomic E-state index is 0.100. The van der Waals surface area contributed by atoms with Gasteiger partial charge in [0, 0.05) is 14.2 Å². The monoisotopic (exact) mass is 319 g/mol. The fourth-order valence-corrected chi connectivity index (χ4v) is 2.18. The molecule has 0 spiro atoms. The van der Waals surface area contributed by atoms with E-state index in [0.717, 1.165) is 5.56 Å². The Balaban J connectivity index is 2.60. The summed E-state index contributed by atoms with van der Waals surface area (Å²) in [7, 11) is -1.09. The number of phosphoric ester groups is 1. The van der Waals surface area contributed by atoms with Crippen LogP contribution in [0, 0.1) is 0 Å². The van der Waals surface area contributed by atoms with Crippen molar-refractivity contribution >= 4 is 13.9 Å². The van der Waals surface area contributed by atoms with E-state index in [1.807, 2.05) is 0 Å². The molecule has 0 heterocycles. The molecule has 0 aromatic heterocycles. The number of carbonyl (C=O) groups excluding carboxylic acids is 1. The third-order valence-corrected chi connectivity index (χ3v) is 3.66. The van der Waals surface area contributed by atoms with Gasteiger partial charge in [-0.25, -0.2) is 9.36 Å². The van der Waals surface area contributed by atoms with E-state index >= 15 is 0 Å². The van der Waals surface area contributed by atoms with Gasteiger partial charge in [-0.1, -0.05) is 12.1 Å². The number of rotatable bonds is 8. The van der Waals surface area contributed by atoms with Gasteiger partial charge in [-0.15, -0.1) is 0 Å². The maximum absolute atomic E-state index is 12.0. The summed E-state index contributed by atoms with van der Waals surface area (Å²) in [5.41, 5.74) is 0.731. The first-order chi connectivity index (χ1) is 10.0. The summed E-state index contributed by atoms with van der Waals surface area (Å²) in [5, 5.41) is 11.0. The lowest BCUT2D eigenvalue weighted by molar-refractivity contribution is 0.142. The maximum Gasteiger partial charge on any atom is 0.529 e. The van der Waals surface area contributed by atoms with Crippen LogP contribution in [0.2, 0.25) is 0 Å². The van der Waals surface area contributed by atoms with Crippen LogP contribution in [-0.2, 0) is 25.0 Å². The van der Waals surface area contributed by atoms with E-state index in [1.54, 1.807) is 12.1 Å². The molecule has 118 valence electrons. The molecule has 0 radical (unpaired) electrons. The molecular weight excluding hydrogens is 301 g/mol. The van der Waals surface area contributed by atoms with Gasteiger partial charge in [0.25, 0.3) is 0 Å². The molecule has 0 aliphatic heterocycles. The second-order valence-corrected chi connectivity index (χ2v) is 5.45. The number of carbonyl (C=O) groups is 1. The average molecular weight is 319 g/mol. The van der Waals surface area contributed by atoms with E-state index in [9.17, 15) is 9.36 Å². The van der Waals surface area contributed by atoms with Crippen molar-refractivity contribution in [1.29, 1.82) is 0 Å². The van der Waals surface area contributed by atoms with Gasteiger partial charge in [0.1, 0.15) is 12.4 Å². The summed E-state index contributed by atoms with van der Waals surface area (Å²) in [6, 6.07) is 6.36. The highest BCUT2D eigenvalue weighted by molar-refractivity contribution is 7.48. The molecule has 1 aromatic rings. The summed E-state index contributed by atoms with van der Waals surface area (Å²) in [4.78, 5) is 10.9. The first kappa shape index (κ1) is 17.5.